The van der Waals surface area contributed by atoms with Gasteiger partial charge in [-0.25, -0.2) is 0 Å². The first-order valence-corrected chi connectivity index (χ1v) is 4.84. The number of hydrogen-bond acceptors (Lipinski definition) is 3. The third-order valence-electron chi connectivity index (χ3n) is 2.31. The standard InChI is InChI=1S/C10H11ClN2O/c1-6(5-12)7-2-3-8-9(4-7)14-10(11)13-8/h2-4,6H,5,12H2,1H3. The van der Waals surface area contributed by atoms with Crippen LogP contribution in [0.25, 0.3) is 11.1 Å². The van der Waals surface area contributed by atoms with Crippen molar-refractivity contribution in [2.75, 3.05) is 6.54 Å². The van der Waals surface area contributed by atoms with Gasteiger partial charge < -0.3 is 10.2 Å². The third kappa shape index (κ3) is 1.61. The Labute approximate surface area is 86.9 Å². The number of nitrogens with two attached hydrogens (primary N) is 1. The van der Waals surface area contributed by atoms with Gasteiger partial charge in [-0.05, 0) is 41.8 Å². The summed E-state index contributed by atoms with van der Waals surface area (Å²) in [4.78, 5) is 4.01. The largest absolute Gasteiger partial charge is 0.428 e. The second-order valence-electron chi connectivity index (χ2n) is 3.33. The van der Waals surface area contributed by atoms with E-state index in [0.717, 1.165) is 11.1 Å². The van der Waals surface area contributed by atoms with Crippen LogP contribution in [0.2, 0.25) is 5.35 Å². The maximum Gasteiger partial charge on any atom is 0.293 e. The Morgan fingerprint density at radius 1 is 1.57 bits per heavy atom. The van der Waals surface area contributed by atoms with Crippen LogP contribution in [-0.2, 0) is 0 Å². The summed E-state index contributed by atoms with van der Waals surface area (Å²) >= 11 is 5.65. The van der Waals surface area contributed by atoms with Crippen molar-refractivity contribution in [1.82, 2.24) is 4.98 Å². The van der Waals surface area contributed by atoms with Crippen molar-refractivity contribution in [3.8, 4) is 0 Å². The molecule has 4 heteroatoms. The van der Waals surface area contributed by atoms with Crippen LogP contribution in [0.3, 0.4) is 0 Å². The molecule has 0 saturated heterocycles. The van der Waals surface area contributed by atoms with E-state index < -0.39 is 0 Å². The number of fused-ring (bicyclic) bond motifs is 1. The van der Waals surface area contributed by atoms with Crippen LogP contribution in [0.15, 0.2) is 22.6 Å². The van der Waals surface area contributed by atoms with E-state index in [9.17, 15) is 0 Å². The molecule has 1 aromatic carbocycles. The van der Waals surface area contributed by atoms with Gasteiger partial charge in [-0.15, -0.1) is 0 Å². The predicted molar refractivity (Wildman–Crippen MR) is 56.5 cm³/mol. The molecule has 0 amide bonds. The van der Waals surface area contributed by atoms with Crippen LogP contribution < -0.4 is 5.73 Å². The van der Waals surface area contributed by atoms with E-state index in [2.05, 4.69) is 11.9 Å². The van der Waals surface area contributed by atoms with E-state index in [-0.39, 0.29) is 5.35 Å². The van der Waals surface area contributed by atoms with Gasteiger partial charge in [-0.1, -0.05) is 13.0 Å². The first-order chi connectivity index (χ1) is 6.70. The Kier molecular flexibility index (Phi) is 2.44. The Hall–Kier alpha value is -1.06. The smallest absolute Gasteiger partial charge is 0.293 e. The summed E-state index contributed by atoms with van der Waals surface area (Å²) in [6, 6.07) is 5.83. The molecule has 0 radical (unpaired) electrons. The Morgan fingerprint density at radius 2 is 2.36 bits per heavy atom. The summed E-state index contributed by atoms with van der Waals surface area (Å²) in [5, 5.41) is 0.178. The number of aromatic nitrogens is 1. The molecular weight excluding hydrogens is 200 g/mol. The monoisotopic (exact) mass is 210 g/mol. The van der Waals surface area contributed by atoms with E-state index in [1.54, 1.807) is 0 Å². The summed E-state index contributed by atoms with van der Waals surface area (Å²) in [6.45, 7) is 2.69. The third-order valence-corrected chi connectivity index (χ3v) is 2.47. The normalized spacial score (nSPS) is 13.4. The molecule has 2 aromatic rings. The molecule has 14 heavy (non-hydrogen) atoms. The lowest BCUT2D eigenvalue weighted by Crippen LogP contribution is -2.08. The van der Waals surface area contributed by atoms with Gasteiger partial charge in [0.05, 0.1) is 0 Å². The van der Waals surface area contributed by atoms with Gasteiger partial charge in [-0.2, -0.15) is 4.98 Å². The maximum atomic E-state index is 5.65. The van der Waals surface area contributed by atoms with Gasteiger partial charge >= 0.3 is 0 Å². The van der Waals surface area contributed by atoms with Gasteiger partial charge in [0.2, 0.25) is 0 Å². The van der Waals surface area contributed by atoms with Crippen LogP contribution in [0, 0.1) is 0 Å². The lowest BCUT2D eigenvalue weighted by atomic mass is 10.0. The lowest BCUT2D eigenvalue weighted by Gasteiger charge is -2.07. The number of nitrogens with zero attached hydrogens (tertiary/aromatic N) is 1. The molecular formula is C10H11ClN2O. The molecule has 2 N–H and O–H groups in total. The van der Waals surface area contributed by atoms with Crippen molar-refractivity contribution < 1.29 is 4.42 Å². The van der Waals surface area contributed by atoms with E-state index >= 15 is 0 Å². The predicted octanol–water partition coefficient (Wildman–Crippen LogP) is 2.54. The Balaban J connectivity index is 2.50. The Bertz CT molecular complexity index is 452. The molecule has 0 aliphatic heterocycles. The highest BCUT2D eigenvalue weighted by atomic mass is 35.5. The fourth-order valence-corrected chi connectivity index (χ4v) is 1.53. The van der Waals surface area contributed by atoms with Crippen LogP contribution in [0.1, 0.15) is 18.4 Å². The second-order valence-corrected chi connectivity index (χ2v) is 3.65. The van der Waals surface area contributed by atoms with Crippen molar-refractivity contribution in [1.29, 1.82) is 0 Å². The van der Waals surface area contributed by atoms with Crippen molar-refractivity contribution in [2.24, 2.45) is 5.73 Å². The minimum atomic E-state index is 0.178. The number of rotatable bonds is 2. The molecule has 0 bridgehead atoms. The molecule has 0 aliphatic carbocycles. The molecule has 1 heterocycles. The van der Waals surface area contributed by atoms with Gasteiger partial charge in [0, 0.05) is 0 Å². The molecule has 0 fully saturated rings. The van der Waals surface area contributed by atoms with E-state index in [1.165, 1.54) is 0 Å². The number of oxazole rings is 1. The van der Waals surface area contributed by atoms with Gasteiger partial charge in [0.25, 0.3) is 5.35 Å². The van der Waals surface area contributed by atoms with Gasteiger partial charge in [0.1, 0.15) is 5.52 Å². The fourth-order valence-electron chi connectivity index (χ4n) is 1.36. The van der Waals surface area contributed by atoms with Crippen molar-refractivity contribution in [3.05, 3.63) is 29.1 Å². The van der Waals surface area contributed by atoms with Gasteiger partial charge in [-0.3, -0.25) is 0 Å². The summed E-state index contributed by atoms with van der Waals surface area (Å²) in [5.41, 5.74) is 8.22. The molecule has 0 spiro atoms. The van der Waals surface area contributed by atoms with Crippen LogP contribution >= 0.6 is 11.6 Å². The number of hydrogen-bond donors (Lipinski definition) is 1. The number of halogens is 1. The zero-order valence-corrected chi connectivity index (χ0v) is 8.58. The fraction of sp³-hybridized carbons (Fsp3) is 0.300. The average Bonchev–Trinajstić information content (AvgIpc) is 2.55. The topological polar surface area (TPSA) is 52.0 Å². The van der Waals surface area contributed by atoms with E-state index in [4.69, 9.17) is 21.8 Å². The first-order valence-electron chi connectivity index (χ1n) is 4.46. The zero-order chi connectivity index (χ0) is 10.1. The summed E-state index contributed by atoms with van der Waals surface area (Å²) in [7, 11) is 0. The van der Waals surface area contributed by atoms with Crippen molar-refractivity contribution in [2.45, 2.75) is 12.8 Å². The quantitative estimate of drug-likeness (QED) is 0.829. The van der Waals surface area contributed by atoms with Crippen LogP contribution in [0.4, 0.5) is 0 Å². The molecule has 1 unspecified atom stereocenters. The SMILES string of the molecule is CC(CN)c1ccc2nc(Cl)oc2c1. The first kappa shape index (κ1) is 9.49. The van der Waals surface area contributed by atoms with Crippen LogP contribution in [-0.4, -0.2) is 11.5 Å². The molecule has 0 saturated carbocycles. The Morgan fingerprint density at radius 3 is 3.07 bits per heavy atom. The lowest BCUT2D eigenvalue weighted by molar-refractivity contribution is 0.603. The average molecular weight is 211 g/mol. The zero-order valence-electron chi connectivity index (χ0n) is 7.83. The second kappa shape index (κ2) is 3.59. The summed E-state index contributed by atoms with van der Waals surface area (Å²) < 4.78 is 5.22. The minimum absolute atomic E-state index is 0.178. The summed E-state index contributed by atoms with van der Waals surface area (Å²) in [5.74, 6) is 0.322. The van der Waals surface area contributed by atoms with Gasteiger partial charge in [0.15, 0.2) is 5.58 Å². The molecule has 2 rings (SSSR count). The van der Waals surface area contributed by atoms with E-state index in [1.807, 2.05) is 18.2 Å². The number of benzene rings is 1. The summed E-state index contributed by atoms with van der Waals surface area (Å²) in [6.07, 6.45) is 0. The highest BCUT2D eigenvalue weighted by molar-refractivity contribution is 6.28. The van der Waals surface area contributed by atoms with Crippen molar-refractivity contribution >= 4 is 22.7 Å². The molecule has 74 valence electrons. The minimum Gasteiger partial charge on any atom is -0.428 e. The van der Waals surface area contributed by atoms with Crippen molar-refractivity contribution in [3.63, 3.8) is 0 Å². The molecule has 1 aromatic heterocycles. The molecule has 1 atom stereocenters. The molecule has 3 nitrogen and oxygen atoms in total. The van der Waals surface area contributed by atoms with Crippen LogP contribution in [0.5, 0.6) is 0 Å². The van der Waals surface area contributed by atoms with E-state index in [0.29, 0.717) is 18.0 Å². The highest BCUT2D eigenvalue weighted by Crippen LogP contribution is 2.23. The maximum absolute atomic E-state index is 5.65. The highest BCUT2D eigenvalue weighted by Gasteiger charge is 2.07. The molecule has 0 aliphatic rings.